The lowest BCUT2D eigenvalue weighted by molar-refractivity contribution is 1.32. The third kappa shape index (κ3) is 7.17. The molecule has 0 unspecified atom stereocenters. The highest BCUT2D eigenvalue weighted by Crippen LogP contribution is 2.36. The van der Waals surface area contributed by atoms with Crippen molar-refractivity contribution in [2.24, 2.45) is 0 Å². The molecule has 0 amide bonds. The predicted molar refractivity (Wildman–Crippen MR) is 270 cm³/mol. The monoisotopic (exact) mass is 812 g/mol. The Morgan fingerprint density at radius 3 is 0.750 bits per heavy atom. The minimum atomic E-state index is 0.942. The standard InChI is InChI=1S/C62H40N2/c1-5-13-49-33-53(29-23-41(49)9-1)58-39-59(63-62(40-58)56-32-26-44-12-4-8-16-52(44)36-56)48-27-21-46(22-28-48)45-17-19-47(20-18-45)57-37-60(54-30-24-42-10-2-6-14-50(42)34-54)64-61(38-57)55-31-25-43-11-3-7-15-51(43)35-55/h1-40H. The molecule has 2 heteroatoms. The Balaban J connectivity index is 0.894. The first kappa shape index (κ1) is 37.3. The molecule has 298 valence electrons. The fourth-order valence-corrected chi connectivity index (χ4v) is 9.09. The lowest BCUT2D eigenvalue weighted by atomic mass is 9.95. The molecular formula is C62H40N2. The summed E-state index contributed by atoms with van der Waals surface area (Å²) in [4.78, 5) is 10.6. The molecular weight excluding hydrogens is 773 g/mol. The van der Waals surface area contributed by atoms with Gasteiger partial charge in [0.15, 0.2) is 0 Å². The first-order valence-electron chi connectivity index (χ1n) is 21.9. The van der Waals surface area contributed by atoms with Gasteiger partial charge in [0, 0.05) is 22.3 Å². The Morgan fingerprint density at radius 2 is 0.391 bits per heavy atom. The normalized spacial score (nSPS) is 11.4. The molecule has 0 atom stereocenters. The largest absolute Gasteiger partial charge is 0.248 e. The molecule has 0 aliphatic rings. The van der Waals surface area contributed by atoms with Crippen LogP contribution in [0.5, 0.6) is 0 Å². The van der Waals surface area contributed by atoms with E-state index in [-0.39, 0.29) is 0 Å². The predicted octanol–water partition coefficient (Wildman–Crippen LogP) is 16.8. The van der Waals surface area contributed by atoms with Gasteiger partial charge in [0.1, 0.15) is 0 Å². The van der Waals surface area contributed by atoms with Crippen molar-refractivity contribution in [3.05, 3.63) is 243 Å². The Bertz CT molecular complexity index is 3270. The highest BCUT2D eigenvalue weighted by molar-refractivity contribution is 5.92. The zero-order valence-electron chi connectivity index (χ0n) is 35.0. The van der Waals surface area contributed by atoms with E-state index in [9.17, 15) is 0 Å². The van der Waals surface area contributed by atoms with E-state index in [1.807, 2.05) is 0 Å². The lowest BCUT2D eigenvalue weighted by Gasteiger charge is -2.13. The number of rotatable bonds is 7. The van der Waals surface area contributed by atoms with Gasteiger partial charge in [-0.1, -0.05) is 194 Å². The molecule has 12 aromatic rings. The molecule has 0 fully saturated rings. The fraction of sp³-hybridized carbons (Fsp3) is 0. The molecule has 0 N–H and O–H groups in total. The number of pyridine rings is 2. The molecule has 0 spiro atoms. The molecule has 0 aliphatic carbocycles. The summed E-state index contributed by atoms with van der Waals surface area (Å²) < 4.78 is 0. The first-order chi connectivity index (χ1) is 31.6. The van der Waals surface area contributed by atoms with Crippen LogP contribution in [0.2, 0.25) is 0 Å². The van der Waals surface area contributed by atoms with Gasteiger partial charge in [-0.05, 0) is 125 Å². The molecule has 2 nitrogen and oxygen atoms in total. The van der Waals surface area contributed by atoms with Crippen LogP contribution in [0.15, 0.2) is 243 Å². The van der Waals surface area contributed by atoms with Crippen LogP contribution in [0.25, 0.3) is 122 Å². The van der Waals surface area contributed by atoms with E-state index < -0.39 is 0 Å². The minimum Gasteiger partial charge on any atom is -0.248 e. The van der Waals surface area contributed by atoms with Crippen molar-refractivity contribution in [2.75, 3.05) is 0 Å². The second kappa shape index (κ2) is 15.8. The van der Waals surface area contributed by atoms with E-state index >= 15 is 0 Å². The summed E-state index contributed by atoms with van der Waals surface area (Å²) in [5.41, 5.74) is 15.1. The second-order valence-corrected chi connectivity index (χ2v) is 16.7. The van der Waals surface area contributed by atoms with E-state index in [0.29, 0.717) is 0 Å². The maximum atomic E-state index is 5.30. The number of nitrogens with zero attached hydrogens (tertiary/aromatic N) is 2. The smallest absolute Gasteiger partial charge is 0.0715 e. The van der Waals surface area contributed by atoms with E-state index in [4.69, 9.17) is 9.97 Å². The van der Waals surface area contributed by atoms with Crippen LogP contribution in [-0.2, 0) is 0 Å². The van der Waals surface area contributed by atoms with Gasteiger partial charge in [0.05, 0.1) is 22.8 Å². The van der Waals surface area contributed by atoms with Gasteiger partial charge in [-0.3, -0.25) is 0 Å². The van der Waals surface area contributed by atoms with Crippen LogP contribution in [0.1, 0.15) is 0 Å². The van der Waals surface area contributed by atoms with Crippen molar-refractivity contribution in [3.8, 4) is 78.4 Å². The molecule has 0 bridgehead atoms. The molecule has 2 aromatic heterocycles. The van der Waals surface area contributed by atoms with E-state index in [2.05, 4.69) is 243 Å². The number of benzene rings is 10. The van der Waals surface area contributed by atoms with Crippen molar-refractivity contribution in [2.45, 2.75) is 0 Å². The molecule has 2 heterocycles. The van der Waals surface area contributed by atoms with E-state index in [1.54, 1.807) is 0 Å². The first-order valence-corrected chi connectivity index (χ1v) is 21.9. The van der Waals surface area contributed by atoms with Gasteiger partial charge in [-0.25, -0.2) is 9.97 Å². The Kier molecular flexibility index (Phi) is 9.20. The summed E-state index contributed by atoms with van der Waals surface area (Å²) in [6.45, 7) is 0. The zero-order valence-corrected chi connectivity index (χ0v) is 35.0. The second-order valence-electron chi connectivity index (χ2n) is 16.7. The Labute approximate surface area is 372 Å². The number of hydrogen-bond donors (Lipinski definition) is 0. The summed E-state index contributed by atoms with van der Waals surface area (Å²) in [7, 11) is 0. The summed E-state index contributed by atoms with van der Waals surface area (Å²) in [6.07, 6.45) is 0. The van der Waals surface area contributed by atoms with Crippen LogP contribution in [-0.4, -0.2) is 9.97 Å². The lowest BCUT2D eigenvalue weighted by Crippen LogP contribution is -1.92. The molecule has 64 heavy (non-hydrogen) atoms. The molecule has 12 rings (SSSR count). The Morgan fingerprint density at radius 1 is 0.156 bits per heavy atom. The molecule has 0 aliphatic heterocycles. The van der Waals surface area contributed by atoms with Crippen molar-refractivity contribution in [3.63, 3.8) is 0 Å². The number of aromatic nitrogens is 2. The van der Waals surface area contributed by atoms with Crippen LogP contribution in [0.4, 0.5) is 0 Å². The topological polar surface area (TPSA) is 25.8 Å². The quantitative estimate of drug-likeness (QED) is 0.160. The van der Waals surface area contributed by atoms with Crippen LogP contribution in [0.3, 0.4) is 0 Å². The van der Waals surface area contributed by atoms with Crippen molar-refractivity contribution < 1.29 is 0 Å². The fourth-order valence-electron chi connectivity index (χ4n) is 9.09. The van der Waals surface area contributed by atoms with Crippen LogP contribution < -0.4 is 0 Å². The van der Waals surface area contributed by atoms with Gasteiger partial charge in [0.2, 0.25) is 0 Å². The molecule has 10 aromatic carbocycles. The van der Waals surface area contributed by atoms with Crippen molar-refractivity contribution >= 4 is 43.1 Å². The van der Waals surface area contributed by atoms with Crippen molar-refractivity contribution in [1.29, 1.82) is 0 Å². The average Bonchev–Trinajstić information content (AvgIpc) is 3.38. The van der Waals surface area contributed by atoms with Crippen LogP contribution >= 0.6 is 0 Å². The van der Waals surface area contributed by atoms with Gasteiger partial charge < -0.3 is 0 Å². The highest BCUT2D eigenvalue weighted by atomic mass is 14.7. The third-order valence-corrected chi connectivity index (χ3v) is 12.6. The van der Waals surface area contributed by atoms with Gasteiger partial charge in [-0.15, -0.1) is 0 Å². The summed E-state index contributed by atoms with van der Waals surface area (Å²) in [5.74, 6) is 0. The zero-order chi connectivity index (χ0) is 42.4. The maximum Gasteiger partial charge on any atom is 0.0715 e. The Hall–Kier alpha value is -8.46. The van der Waals surface area contributed by atoms with E-state index in [1.165, 1.54) is 48.7 Å². The SMILES string of the molecule is c1ccc2cc(-c3cc(-c4ccc(-c5ccc(-c6cc(-c7ccc8ccccc8c7)nc(-c7ccc8ccccc8c7)c6)cc5)cc4)nc(-c4ccc5ccccc5c4)c3)ccc2c1. The highest BCUT2D eigenvalue weighted by Gasteiger charge is 2.14. The van der Waals surface area contributed by atoms with Gasteiger partial charge in [0.25, 0.3) is 0 Å². The summed E-state index contributed by atoms with van der Waals surface area (Å²) in [5, 5.41) is 9.72. The molecule has 0 saturated heterocycles. The number of hydrogen-bond acceptors (Lipinski definition) is 2. The summed E-state index contributed by atoms with van der Waals surface area (Å²) >= 11 is 0. The van der Waals surface area contributed by atoms with Crippen molar-refractivity contribution in [1.82, 2.24) is 9.97 Å². The van der Waals surface area contributed by atoms with Crippen LogP contribution in [0, 0.1) is 0 Å². The summed E-state index contributed by atoms with van der Waals surface area (Å²) in [6, 6.07) is 87.3. The third-order valence-electron chi connectivity index (χ3n) is 12.6. The van der Waals surface area contributed by atoms with Gasteiger partial charge >= 0.3 is 0 Å². The van der Waals surface area contributed by atoms with Gasteiger partial charge in [-0.2, -0.15) is 0 Å². The molecule has 0 radical (unpaired) electrons. The minimum absolute atomic E-state index is 0.942. The average molecular weight is 813 g/mol. The maximum absolute atomic E-state index is 5.30. The molecule has 0 saturated carbocycles. The number of fused-ring (bicyclic) bond motifs is 4. The van der Waals surface area contributed by atoms with E-state index in [0.717, 1.165) is 72.8 Å².